The molecule has 0 saturated carbocycles. The van der Waals surface area contributed by atoms with Gasteiger partial charge < -0.3 is 19.6 Å². The van der Waals surface area contributed by atoms with Gasteiger partial charge in [-0.1, -0.05) is 49.3 Å². The predicted octanol–water partition coefficient (Wildman–Crippen LogP) is 2.26. The van der Waals surface area contributed by atoms with Gasteiger partial charge in [-0.3, -0.25) is 9.59 Å². The Kier molecular flexibility index (Phi) is 6.46. The number of nitrogens with zero attached hydrogens (tertiary/aromatic N) is 3. The molecular weight excluding hydrogens is 356 g/mol. The quantitative estimate of drug-likeness (QED) is 0.827. The number of aromatic nitrogens is 1. The molecule has 1 atom stereocenters. The Hall–Kier alpha value is -2.67. The Morgan fingerprint density at radius 1 is 1.14 bits per heavy atom. The Bertz CT molecular complexity index is 795. The fourth-order valence-electron chi connectivity index (χ4n) is 3.29. The molecule has 0 spiro atoms. The van der Waals surface area contributed by atoms with Crippen LogP contribution in [0.5, 0.6) is 0 Å². The van der Waals surface area contributed by atoms with Crippen molar-refractivity contribution in [2.75, 3.05) is 33.2 Å². The molecule has 2 aromatic rings. The number of hydrogen-bond donors (Lipinski definition) is 1. The van der Waals surface area contributed by atoms with Gasteiger partial charge in [-0.05, 0) is 19.4 Å². The lowest BCUT2D eigenvalue weighted by molar-refractivity contribution is -0.135. The predicted molar refractivity (Wildman–Crippen MR) is 107 cm³/mol. The largest absolute Gasteiger partial charge is 0.355 e. The number of piperazine rings is 1. The van der Waals surface area contributed by atoms with Crippen LogP contribution in [0, 0.1) is 5.92 Å². The van der Waals surface area contributed by atoms with Gasteiger partial charge in [0, 0.05) is 37.8 Å². The van der Waals surface area contributed by atoms with Crippen molar-refractivity contribution in [3.05, 3.63) is 42.1 Å². The van der Waals surface area contributed by atoms with E-state index >= 15 is 0 Å². The normalized spacial score (nSPS) is 16.2. The third-order valence-electron chi connectivity index (χ3n) is 4.93. The van der Waals surface area contributed by atoms with E-state index in [2.05, 4.69) is 15.4 Å². The van der Waals surface area contributed by atoms with Gasteiger partial charge in [0.05, 0.1) is 0 Å². The average Bonchev–Trinajstić information content (AvgIpc) is 3.18. The molecule has 1 aliphatic heterocycles. The number of rotatable bonds is 6. The Balaban J connectivity index is 1.69. The first-order valence-corrected chi connectivity index (χ1v) is 9.74. The molecule has 3 rings (SSSR count). The van der Waals surface area contributed by atoms with Crippen LogP contribution in [0.25, 0.3) is 11.3 Å². The monoisotopic (exact) mass is 384 g/mol. The van der Waals surface area contributed by atoms with E-state index in [-0.39, 0.29) is 23.4 Å². The Labute approximate surface area is 165 Å². The summed E-state index contributed by atoms with van der Waals surface area (Å²) in [5.74, 6) is 0.386. The number of benzene rings is 1. The van der Waals surface area contributed by atoms with E-state index in [1.807, 2.05) is 56.1 Å². The summed E-state index contributed by atoms with van der Waals surface area (Å²) >= 11 is 0. The van der Waals surface area contributed by atoms with E-state index in [1.54, 1.807) is 6.07 Å². The first-order chi connectivity index (χ1) is 13.4. The summed E-state index contributed by atoms with van der Waals surface area (Å²) in [6, 6.07) is 10.5. The van der Waals surface area contributed by atoms with Crippen LogP contribution < -0.4 is 5.32 Å². The highest BCUT2D eigenvalue weighted by molar-refractivity contribution is 5.96. The van der Waals surface area contributed by atoms with Crippen molar-refractivity contribution in [3.63, 3.8) is 0 Å². The third kappa shape index (κ3) is 4.98. The molecule has 1 aromatic heterocycles. The summed E-state index contributed by atoms with van der Waals surface area (Å²) < 4.78 is 5.31. The second-order valence-electron chi connectivity index (χ2n) is 7.73. The molecule has 1 N–H and O–H groups in total. The van der Waals surface area contributed by atoms with E-state index in [4.69, 9.17) is 4.52 Å². The molecule has 0 aliphatic carbocycles. The van der Waals surface area contributed by atoms with E-state index in [1.165, 1.54) is 0 Å². The van der Waals surface area contributed by atoms with Gasteiger partial charge in [-0.2, -0.15) is 0 Å². The molecule has 1 saturated heterocycles. The topological polar surface area (TPSA) is 78.7 Å². The van der Waals surface area contributed by atoms with Gasteiger partial charge in [0.2, 0.25) is 5.91 Å². The van der Waals surface area contributed by atoms with E-state index in [9.17, 15) is 9.59 Å². The first-order valence-electron chi connectivity index (χ1n) is 9.74. The van der Waals surface area contributed by atoms with Crippen LogP contribution in [0.3, 0.4) is 0 Å². The molecule has 0 bridgehead atoms. The third-order valence-corrected chi connectivity index (χ3v) is 4.93. The fourth-order valence-corrected chi connectivity index (χ4v) is 3.29. The highest BCUT2D eigenvalue weighted by atomic mass is 16.5. The molecule has 1 fully saturated rings. The zero-order valence-corrected chi connectivity index (χ0v) is 16.7. The van der Waals surface area contributed by atoms with Crippen molar-refractivity contribution in [1.29, 1.82) is 0 Å². The maximum atomic E-state index is 13.0. The van der Waals surface area contributed by atoms with Crippen LogP contribution in [0.2, 0.25) is 0 Å². The second kappa shape index (κ2) is 9.01. The fraction of sp³-hybridized carbons (Fsp3) is 0.476. The summed E-state index contributed by atoms with van der Waals surface area (Å²) in [5.41, 5.74) is 1.03. The molecule has 0 radical (unpaired) electrons. The highest BCUT2D eigenvalue weighted by Crippen LogP contribution is 2.20. The van der Waals surface area contributed by atoms with Crippen LogP contribution in [-0.4, -0.2) is 66.0 Å². The van der Waals surface area contributed by atoms with Gasteiger partial charge in [0.15, 0.2) is 11.5 Å². The molecule has 28 heavy (non-hydrogen) atoms. The van der Waals surface area contributed by atoms with Gasteiger partial charge >= 0.3 is 0 Å². The van der Waals surface area contributed by atoms with Crippen molar-refractivity contribution in [3.8, 4) is 11.3 Å². The summed E-state index contributed by atoms with van der Waals surface area (Å²) in [5, 5.41) is 6.76. The molecule has 2 heterocycles. The van der Waals surface area contributed by atoms with E-state index in [0.717, 1.165) is 18.7 Å². The number of carbonyl (C=O) groups is 2. The molecule has 150 valence electrons. The zero-order chi connectivity index (χ0) is 20.1. The summed E-state index contributed by atoms with van der Waals surface area (Å²) in [6.45, 7) is 7.14. The minimum Gasteiger partial charge on any atom is -0.355 e. The zero-order valence-electron chi connectivity index (χ0n) is 16.7. The average molecular weight is 384 g/mol. The lowest BCUT2D eigenvalue weighted by Crippen LogP contribution is -2.54. The molecular formula is C21H28N4O3. The van der Waals surface area contributed by atoms with E-state index < -0.39 is 6.04 Å². The number of carbonyl (C=O) groups excluding carboxylic acids is 2. The van der Waals surface area contributed by atoms with Gasteiger partial charge in [0.1, 0.15) is 6.04 Å². The Morgan fingerprint density at radius 2 is 1.82 bits per heavy atom. The minimum atomic E-state index is -0.562. The van der Waals surface area contributed by atoms with Crippen molar-refractivity contribution in [1.82, 2.24) is 20.3 Å². The van der Waals surface area contributed by atoms with Gasteiger partial charge in [-0.15, -0.1) is 0 Å². The minimum absolute atomic E-state index is 0.0260. The van der Waals surface area contributed by atoms with Crippen molar-refractivity contribution in [2.24, 2.45) is 5.92 Å². The van der Waals surface area contributed by atoms with Crippen LogP contribution in [-0.2, 0) is 4.79 Å². The number of amides is 2. The summed E-state index contributed by atoms with van der Waals surface area (Å²) in [6.07, 6.45) is 0.584. The lowest BCUT2D eigenvalue weighted by atomic mass is 10.0. The number of nitrogens with one attached hydrogen (secondary N) is 1. The maximum Gasteiger partial charge on any atom is 0.274 e. The summed E-state index contributed by atoms with van der Waals surface area (Å²) in [4.78, 5) is 29.7. The van der Waals surface area contributed by atoms with Crippen LogP contribution in [0.4, 0.5) is 0 Å². The Morgan fingerprint density at radius 3 is 2.46 bits per heavy atom. The van der Waals surface area contributed by atoms with Crippen LogP contribution in [0.15, 0.2) is 40.9 Å². The molecule has 7 heteroatoms. The molecule has 0 unspecified atom stereocenters. The molecule has 1 aromatic carbocycles. The maximum absolute atomic E-state index is 13.0. The van der Waals surface area contributed by atoms with E-state index in [0.29, 0.717) is 25.3 Å². The van der Waals surface area contributed by atoms with Gasteiger partial charge in [-0.25, -0.2) is 0 Å². The smallest absolute Gasteiger partial charge is 0.274 e. The van der Waals surface area contributed by atoms with Crippen LogP contribution >= 0.6 is 0 Å². The van der Waals surface area contributed by atoms with Crippen molar-refractivity contribution < 1.29 is 14.1 Å². The number of hydrogen-bond acceptors (Lipinski definition) is 5. The summed E-state index contributed by atoms with van der Waals surface area (Å²) in [7, 11) is 2.05. The lowest BCUT2D eigenvalue weighted by Gasteiger charge is -2.35. The van der Waals surface area contributed by atoms with Crippen molar-refractivity contribution >= 4 is 11.8 Å². The highest BCUT2D eigenvalue weighted by Gasteiger charge is 2.29. The van der Waals surface area contributed by atoms with Crippen molar-refractivity contribution in [2.45, 2.75) is 26.3 Å². The first kappa shape index (κ1) is 20.1. The molecule has 7 nitrogen and oxygen atoms in total. The number of likely N-dealkylation sites (N-methyl/N-ethyl adjacent to an activating group) is 1. The second-order valence-corrected chi connectivity index (χ2v) is 7.73. The molecule has 2 amide bonds. The SMILES string of the molecule is CC(C)C[C@H](NC(=O)c1cc(-c2ccccc2)on1)C(=O)N1CCN(C)CC1. The standard InChI is InChI=1S/C21H28N4O3/c1-15(2)13-18(21(27)25-11-9-24(3)10-12-25)22-20(26)17-14-19(28-23-17)16-7-5-4-6-8-16/h4-8,14-15,18H,9-13H2,1-3H3,(H,22,26)/t18-/m0/s1. The van der Waals surface area contributed by atoms with Gasteiger partial charge in [0.25, 0.3) is 5.91 Å². The van der Waals surface area contributed by atoms with Crippen LogP contribution in [0.1, 0.15) is 30.8 Å². The molecule has 1 aliphatic rings.